The van der Waals surface area contributed by atoms with Crippen molar-refractivity contribution in [2.24, 2.45) is 5.41 Å². The van der Waals surface area contributed by atoms with Crippen LogP contribution in [-0.4, -0.2) is 6.54 Å². The average Bonchev–Trinajstić information content (AvgIpc) is 2.94. The first-order valence-corrected chi connectivity index (χ1v) is 7.84. The molecule has 4 heteroatoms. The summed E-state index contributed by atoms with van der Waals surface area (Å²) < 4.78 is 40.0. The molecule has 1 aliphatic rings. The summed E-state index contributed by atoms with van der Waals surface area (Å²) in [6.07, 6.45) is 0.864. The molecule has 0 aliphatic heterocycles. The fourth-order valence-electron chi connectivity index (χ4n) is 3.79. The van der Waals surface area contributed by atoms with E-state index in [1.807, 2.05) is 6.92 Å². The first-order valence-electron chi connectivity index (χ1n) is 7.84. The van der Waals surface area contributed by atoms with E-state index in [1.165, 1.54) is 12.1 Å². The van der Waals surface area contributed by atoms with E-state index in [0.717, 1.165) is 32.1 Å². The highest BCUT2D eigenvalue weighted by Gasteiger charge is 2.44. The topological polar surface area (TPSA) is 12.0 Å². The van der Waals surface area contributed by atoms with E-state index >= 15 is 0 Å². The van der Waals surface area contributed by atoms with Gasteiger partial charge in [-0.05, 0) is 42.9 Å². The van der Waals surface area contributed by atoms with Crippen molar-refractivity contribution in [3.05, 3.63) is 35.4 Å². The lowest BCUT2D eigenvalue weighted by atomic mass is 9.72. The number of nitrogens with one attached hydrogen (secondary N) is 1. The summed E-state index contributed by atoms with van der Waals surface area (Å²) in [7, 11) is 0. The highest BCUT2D eigenvalue weighted by Crippen LogP contribution is 2.51. The first-order chi connectivity index (χ1) is 9.94. The maximum Gasteiger partial charge on any atom is 0.416 e. The fraction of sp³-hybridized carbons (Fsp3) is 0.647. The number of hydrogen-bond acceptors (Lipinski definition) is 1. The van der Waals surface area contributed by atoms with Gasteiger partial charge in [-0.2, -0.15) is 13.2 Å². The second-order valence-electron chi connectivity index (χ2n) is 6.00. The lowest BCUT2D eigenvalue weighted by Crippen LogP contribution is -2.37. The Labute approximate surface area is 124 Å². The Bertz CT molecular complexity index is 461. The number of hydrogen-bond donors (Lipinski definition) is 1. The average molecular weight is 299 g/mol. The Kier molecular flexibility index (Phi) is 4.97. The van der Waals surface area contributed by atoms with Crippen molar-refractivity contribution in [1.82, 2.24) is 5.32 Å². The predicted molar refractivity (Wildman–Crippen MR) is 79.1 cm³/mol. The summed E-state index contributed by atoms with van der Waals surface area (Å²) in [5.41, 5.74) is -0.122. The Balaban J connectivity index is 2.48. The van der Waals surface area contributed by atoms with E-state index in [4.69, 9.17) is 0 Å². The van der Waals surface area contributed by atoms with Gasteiger partial charge >= 0.3 is 6.18 Å². The molecule has 0 aromatic heterocycles. The maximum absolute atomic E-state index is 13.3. The van der Waals surface area contributed by atoms with E-state index in [9.17, 15) is 13.2 Å². The van der Waals surface area contributed by atoms with Gasteiger partial charge in [-0.25, -0.2) is 0 Å². The minimum Gasteiger partial charge on any atom is -0.310 e. The second-order valence-corrected chi connectivity index (χ2v) is 6.00. The van der Waals surface area contributed by atoms with Crippen molar-refractivity contribution in [3.63, 3.8) is 0 Å². The van der Waals surface area contributed by atoms with Gasteiger partial charge in [-0.3, -0.25) is 0 Å². The minimum atomic E-state index is -4.29. The Hall–Kier alpha value is -1.03. The van der Waals surface area contributed by atoms with Crippen LogP contribution in [0.15, 0.2) is 24.3 Å². The number of rotatable bonds is 5. The molecule has 1 aromatic rings. The van der Waals surface area contributed by atoms with E-state index in [2.05, 4.69) is 12.2 Å². The van der Waals surface area contributed by atoms with Crippen LogP contribution >= 0.6 is 0 Å². The second kappa shape index (κ2) is 6.39. The molecule has 1 unspecified atom stereocenters. The fourth-order valence-corrected chi connectivity index (χ4v) is 3.79. The van der Waals surface area contributed by atoms with Gasteiger partial charge in [-0.1, -0.05) is 44.9 Å². The van der Waals surface area contributed by atoms with Crippen LogP contribution in [0, 0.1) is 5.41 Å². The van der Waals surface area contributed by atoms with Gasteiger partial charge in [0.2, 0.25) is 0 Å². The standard InChI is InChI=1S/C17H24F3N/c1-3-16(11-7-8-12-16)15(21-4-2)13-9-5-6-10-14(13)17(18,19)20/h5-6,9-10,15,21H,3-4,7-8,11-12H2,1-2H3. The Morgan fingerprint density at radius 3 is 2.29 bits per heavy atom. The van der Waals surface area contributed by atoms with Crippen LogP contribution in [0.3, 0.4) is 0 Å². The Morgan fingerprint density at radius 1 is 1.14 bits per heavy atom. The van der Waals surface area contributed by atoms with Gasteiger partial charge in [-0.15, -0.1) is 0 Å². The maximum atomic E-state index is 13.3. The third-order valence-corrected chi connectivity index (χ3v) is 4.90. The molecule has 0 amide bonds. The zero-order valence-electron chi connectivity index (χ0n) is 12.8. The van der Waals surface area contributed by atoms with Gasteiger partial charge < -0.3 is 5.32 Å². The van der Waals surface area contributed by atoms with Crippen LogP contribution in [-0.2, 0) is 6.18 Å². The highest BCUT2D eigenvalue weighted by atomic mass is 19.4. The molecule has 21 heavy (non-hydrogen) atoms. The summed E-state index contributed by atoms with van der Waals surface area (Å²) >= 11 is 0. The molecule has 1 aliphatic carbocycles. The zero-order valence-corrected chi connectivity index (χ0v) is 12.8. The number of alkyl halides is 3. The molecular formula is C17H24F3N. The van der Waals surface area contributed by atoms with Crippen LogP contribution in [0.4, 0.5) is 13.2 Å². The number of benzene rings is 1. The van der Waals surface area contributed by atoms with Crippen LogP contribution in [0.5, 0.6) is 0 Å². The van der Waals surface area contributed by atoms with Crippen LogP contribution < -0.4 is 5.32 Å². The van der Waals surface area contributed by atoms with Crippen LogP contribution in [0.2, 0.25) is 0 Å². The zero-order chi connectivity index (χ0) is 15.5. The van der Waals surface area contributed by atoms with Crippen molar-refractivity contribution < 1.29 is 13.2 Å². The lowest BCUT2D eigenvalue weighted by molar-refractivity contribution is -0.138. The van der Waals surface area contributed by atoms with Gasteiger partial charge in [0.1, 0.15) is 0 Å². The van der Waals surface area contributed by atoms with Crippen molar-refractivity contribution in [1.29, 1.82) is 0 Å². The van der Waals surface area contributed by atoms with E-state index in [1.54, 1.807) is 12.1 Å². The van der Waals surface area contributed by atoms with Gasteiger partial charge in [0.05, 0.1) is 5.56 Å². The molecule has 1 saturated carbocycles. The largest absolute Gasteiger partial charge is 0.416 e. The molecular weight excluding hydrogens is 275 g/mol. The van der Waals surface area contributed by atoms with Crippen LogP contribution in [0.25, 0.3) is 0 Å². The molecule has 1 nitrogen and oxygen atoms in total. The molecule has 0 saturated heterocycles. The van der Waals surface area contributed by atoms with Crippen molar-refractivity contribution >= 4 is 0 Å². The Morgan fingerprint density at radius 2 is 1.76 bits per heavy atom. The summed E-state index contributed by atoms with van der Waals surface area (Å²) in [4.78, 5) is 0. The highest BCUT2D eigenvalue weighted by molar-refractivity contribution is 5.34. The molecule has 0 spiro atoms. The molecule has 0 radical (unpaired) electrons. The molecule has 1 N–H and O–H groups in total. The first kappa shape index (κ1) is 16.3. The normalized spacial score (nSPS) is 19.7. The lowest BCUT2D eigenvalue weighted by Gasteiger charge is -2.39. The van der Waals surface area contributed by atoms with Gasteiger partial charge in [0, 0.05) is 6.04 Å². The molecule has 2 rings (SSSR count). The van der Waals surface area contributed by atoms with Gasteiger partial charge in [0.15, 0.2) is 0 Å². The van der Waals surface area contributed by atoms with Crippen molar-refractivity contribution in [3.8, 4) is 0 Å². The van der Waals surface area contributed by atoms with E-state index < -0.39 is 11.7 Å². The molecule has 118 valence electrons. The number of halogens is 3. The third-order valence-electron chi connectivity index (χ3n) is 4.90. The summed E-state index contributed by atoms with van der Waals surface area (Å²) in [5.74, 6) is 0. The summed E-state index contributed by atoms with van der Waals surface area (Å²) in [5, 5.41) is 3.35. The van der Waals surface area contributed by atoms with E-state index in [0.29, 0.717) is 12.1 Å². The molecule has 1 fully saturated rings. The molecule has 1 atom stereocenters. The van der Waals surface area contributed by atoms with Crippen molar-refractivity contribution in [2.45, 2.75) is 58.2 Å². The SMILES string of the molecule is CCNC(c1ccccc1C(F)(F)F)C1(CC)CCCC1. The minimum absolute atomic E-state index is 0.0443. The molecule has 0 bridgehead atoms. The monoisotopic (exact) mass is 299 g/mol. The predicted octanol–water partition coefficient (Wildman–Crippen LogP) is 5.33. The quantitative estimate of drug-likeness (QED) is 0.775. The van der Waals surface area contributed by atoms with Crippen LogP contribution in [0.1, 0.15) is 63.1 Å². The third kappa shape index (κ3) is 3.25. The summed E-state index contributed by atoms with van der Waals surface area (Å²) in [6.45, 7) is 4.74. The molecule has 1 aromatic carbocycles. The summed E-state index contributed by atoms with van der Waals surface area (Å²) in [6, 6.07) is 5.83. The smallest absolute Gasteiger partial charge is 0.310 e. The molecule has 0 heterocycles. The van der Waals surface area contributed by atoms with Crippen molar-refractivity contribution in [2.75, 3.05) is 6.54 Å². The van der Waals surface area contributed by atoms with E-state index in [-0.39, 0.29) is 11.5 Å². The van der Waals surface area contributed by atoms with Gasteiger partial charge in [0.25, 0.3) is 0 Å².